The number of carboxylic acid groups (broad SMARTS) is 1. The summed E-state index contributed by atoms with van der Waals surface area (Å²) in [6, 6.07) is 0. The van der Waals surface area contributed by atoms with Gasteiger partial charge in [0.05, 0.1) is 11.8 Å². The summed E-state index contributed by atoms with van der Waals surface area (Å²) in [4.78, 5) is 21.4. The van der Waals surface area contributed by atoms with Crippen LogP contribution in [0, 0.1) is 0 Å². The lowest BCUT2D eigenvalue weighted by Crippen LogP contribution is -2.39. The zero-order valence-electron chi connectivity index (χ0n) is 8.88. The molecular formula is C9H13N4O3+. The monoisotopic (exact) mass is 225 g/mol. The Morgan fingerprint density at radius 3 is 3.00 bits per heavy atom. The van der Waals surface area contributed by atoms with Crippen LogP contribution in [0.4, 0.5) is 0 Å². The lowest BCUT2D eigenvalue weighted by molar-refractivity contribution is -0.744. The third kappa shape index (κ3) is 3.19. The van der Waals surface area contributed by atoms with Crippen LogP contribution >= 0.6 is 0 Å². The molecule has 0 unspecified atom stereocenters. The molecule has 0 aliphatic heterocycles. The van der Waals surface area contributed by atoms with E-state index in [1.807, 2.05) is 0 Å². The molecule has 0 saturated carbocycles. The van der Waals surface area contributed by atoms with Crippen molar-refractivity contribution < 1.29 is 19.4 Å². The third-order valence-corrected chi connectivity index (χ3v) is 1.89. The molecule has 1 aromatic heterocycles. The van der Waals surface area contributed by atoms with Crippen LogP contribution in [-0.2, 0) is 29.7 Å². The largest absolute Gasteiger partial charge is 0.478 e. The van der Waals surface area contributed by atoms with Gasteiger partial charge in [-0.2, -0.15) is 0 Å². The Balaban J connectivity index is 2.66. The molecule has 0 spiro atoms. The molecule has 0 bridgehead atoms. The molecule has 1 amide bonds. The number of hydrogen-bond acceptors (Lipinski definition) is 3. The van der Waals surface area contributed by atoms with Crippen molar-refractivity contribution in [2.75, 3.05) is 0 Å². The first-order valence-corrected chi connectivity index (χ1v) is 4.57. The Hall–Kier alpha value is -2.18. The second-order valence-electron chi connectivity index (χ2n) is 3.15. The fourth-order valence-corrected chi connectivity index (χ4v) is 1.14. The molecule has 0 aliphatic rings. The number of aromatic nitrogens is 3. The van der Waals surface area contributed by atoms with Gasteiger partial charge in [-0.1, -0.05) is 6.58 Å². The zero-order valence-corrected chi connectivity index (χ0v) is 8.88. The summed E-state index contributed by atoms with van der Waals surface area (Å²) in [6.45, 7) is 3.40. The minimum atomic E-state index is -0.968. The fraction of sp³-hybridized carbons (Fsp3) is 0.333. The number of carbonyl (C=O) groups is 2. The van der Waals surface area contributed by atoms with E-state index in [-0.39, 0.29) is 19.0 Å². The van der Waals surface area contributed by atoms with Gasteiger partial charge in [-0.05, 0) is 6.08 Å². The van der Waals surface area contributed by atoms with Gasteiger partial charge in [-0.3, -0.25) is 4.79 Å². The van der Waals surface area contributed by atoms with E-state index in [0.29, 0.717) is 5.69 Å². The molecule has 0 fully saturated rings. The predicted molar refractivity (Wildman–Crippen MR) is 53.1 cm³/mol. The van der Waals surface area contributed by atoms with Crippen LogP contribution < -0.4 is 10.00 Å². The number of nitrogens with zero attached hydrogens (tertiary/aromatic N) is 3. The second kappa shape index (κ2) is 5.06. The highest BCUT2D eigenvalue weighted by Crippen LogP contribution is 1.91. The van der Waals surface area contributed by atoms with E-state index in [1.165, 1.54) is 15.4 Å². The lowest BCUT2D eigenvalue weighted by Gasteiger charge is -1.96. The highest BCUT2D eigenvalue weighted by molar-refractivity contribution is 5.86. The fourth-order valence-electron chi connectivity index (χ4n) is 1.14. The van der Waals surface area contributed by atoms with E-state index in [4.69, 9.17) is 5.11 Å². The molecule has 2 N–H and O–H groups in total. The summed E-state index contributed by atoms with van der Waals surface area (Å²) in [5, 5.41) is 15.1. The Bertz CT molecular complexity index is 424. The zero-order chi connectivity index (χ0) is 12.1. The second-order valence-corrected chi connectivity index (χ2v) is 3.15. The summed E-state index contributed by atoms with van der Waals surface area (Å²) in [5.74, 6) is -1.25. The number of nitrogens with one attached hydrogen (secondary N) is 1. The van der Waals surface area contributed by atoms with Crippen molar-refractivity contribution in [3.8, 4) is 0 Å². The van der Waals surface area contributed by atoms with E-state index < -0.39 is 5.97 Å². The Morgan fingerprint density at radius 1 is 1.75 bits per heavy atom. The number of hydrogen-bond donors (Lipinski definition) is 2. The Labute approximate surface area is 92.0 Å². The minimum absolute atomic E-state index is 0.205. The van der Waals surface area contributed by atoms with Gasteiger partial charge in [0.25, 0.3) is 0 Å². The van der Waals surface area contributed by atoms with Crippen molar-refractivity contribution in [2.45, 2.75) is 13.1 Å². The molecular weight excluding hydrogens is 212 g/mol. The summed E-state index contributed by atoms with van der Waals surface area (Å²) < 4.78 is 2.80. The number of aliphatic carboxylic acids is 1. The van der Waals surface area contributed by atoms with Gasteiger partial charge in [-0.25, -0.2) is 4.79 Å². The SMILES string of the molecule is C=CC(=O)NCc1c[n+](CC(=O)O)nn1C. The third-order valence-electron chi connectivity index (χ3n) is 1.89. The highest BCUT2D eigenvalue weighted by atomic mass is 16.4. The highest BCUT2D eigenvalue weighted by Gasteiger charge is 2.14. The van der Waals surface area contributed by atoms with Crippen molar-refractivity contribution in [2.24, 2.45) is 7.05 Å². The van der Waals surface area contributed by atoms with E-state index in [1.54, 1.807) is 13.2 Å². The summed E-state index contributed by atoms with van der Waals surface area (Å²) in [6.07, 6.45) is 2.74. The summed E-state index contributed by atoms with van der Waals surface area (Å²) in [7, 11) is 1.67. The summed E-state index contributed by atoms with van der Waals surface area (Å²) in [5.41, 5.74) is 0.705. The minimum Gasteiger partial charge on any atom is -0.478 e. The standard InChI is InChI=1S/C9H12N4O3/c1-3-8(14)10-4-7-5-13(6-9(15)16)11-12(7)2/h3,5H,1,4,6H2,2H3,(H-,10,14,15,16)/p+1. The molecule has 0 aliphatic carbocycles. The van der Waals surface area contributed by atoms with Crippen LogP contribution in [0.3, 0.4) is 0 Å². The topological polar surface area (TPSA) is 88.1 Å². The maximum absolute atomic E-state index is 10.9. The first-order chi connectivity index (χ1) is 7.52. The first kappa shape index (κ1) is 11.9. The van der Waals surface area contributed by atoms with Gasteiger partial charge in [0.15, 0.2) is 11.9 Å². The molecule has 0 saturated heterocycles. The van der Waals surface area contributed by atoms with Gasteiger partial charge in [0.2, 0.25) is 12.5 Å². The van der Waals surface area contributed by atoms with Crippen molar-refractivity contribution in [3.63, 3.8) is 0 Å². The van der Waals surface area contributed by atoms with E-state index in [2.05, 4.69) is 17.1 Å². The maximum atomic E-state index is 10.9. The molecule has 0 aromatic carbocycles. The molecule has 16 heavy (non-hydrogen) atoms. The molecule has 86 valence electrons. The average molecular weight is 225 g/mol. The van der Waals surface area contributed by atoms with Gasteiger partial charge < -0.3 is 10.4 Å². The van der Waals surface area contributed by atoms with Crippen molar-refractivity contribution in [1.82, 2.24) is 15.2 Å². The van der Waals surface area contributed by atoms with E-state index >= 15 is 0 Å². The van der Waals surface area contributed by atoms with Crippen LogP contribution in [-0.4, -0.2) is 26.9 Å². The average Bonchev–Trinajstić information content (AvgIpc) is 2.54. The lowest BCUT2D eigenvalue weighted by atomic mass is 10.4. The quantitative estimate of drug-likeness (QED) is 0.476. The van der Waals surface area contributed by atoms with Gasteiger partial charge in [-0.15, -0.1) is 9.36 Å². The van der Waals surface area contributed by atoms with Crippen LogP contribution in [0.5, 0.6) is 0 Å². The number of rotatable bonds is 5. The van der Waals surface area contributed by atoms with Crippen molar-refractivity contribution >= 4 is 11.9 Å². The maximum Gasteiger partial charge on any atom is 0.348 e. The normalized spacial score (nSPS) is 9.81. The number of carboxylic acids is 1. The van der Waals surface area contributed by atoms with Gasteiger partial charge >= 0.3 is 5.97 Å². The smallest absolute Gasteiger partial charge is 0.348 e. The van der Waals surface area contributed by atoms with E-state index in [9.17, 15) is 9.59 Å². The van der Waals surface area contributed by atoms with Gasteiger partial charge in [0.1, 0.15) is 7.05 Å². The van der Waals surface area contributed by atoms with Crippen molar-refractivity contribution in [1.29, 1.82) is 0 Å². The molecule has 0 radical (unpaired) electrons. The van der Waals surface area contributed by atoms with Crippen molar-refractivity contribution in [3.05, 3.63) is 24.5 Å². The number of aryl methyl sites for hydroxylation is 1. The molecule has 7 nitrogen and oxygen atoms in total. The number of carbonyl (C=O) groups excluding carboxylic acids is 1. The molecule has 1 heterocycles. The first-order valence-electron chi connectivity index (χ1n) is 4.57. The molecule has 7 heteroatoms. The molecule has 1 aromatic rings. The predicted octanol–water partition coefficient (Wildman–Crippen LogP) is -1.41. The Kier molecular flexibility index (Phi) is 3.76. The molecule has 1 rings (SSSR count). The number of amides is 1. The van der Waals surface area contributed by atoms with Crippen LogP contribution in [0.15, 0.2) is 18.9 Å². The van der Waals surface area contributed by atoms with Crippen LogP contribution in [0.2, 0.25) is 0 Å². The summed E-state index contributed by atoms with van der Waals surface area (Å²) >= 11 is 0. The molecule has 0 atom stereocenters. The van der Waals surface area contributed by atoms with Crippen LogP contribution in [0.25, 0.3) is 0 Å². The van der Waals surface area contributed by atoms with Crippen LogP contribution in [0.1, 0.15) is 5.69 Å². The van der Waals surface area contributed by atoms with Gasteiger partial charge in [0, 0.05) is 0 Å². The van der Waals surface area contributed by atoms with E-state index in [0.717, 1.165) is 0 Å². The Morgan fingerprint density at radius 2 is 2.44 bits per heavy atom.